The SMILES string of the molecule is COc1ccc(CCC(=O)NC2(c3ccccc3)CCC2)c(OC)c1OC. The summed E-state index contributed by atoms with van der Waals surface area (Å²) in [5, 5.41) is 3.27. The average Bonchev–Trinajstić information content (AvgIpc) is 2.68. The maximum atomic E-state index is 12.7. The Labute approximate surface area is 160 Å². The fourth-order valence-corrected chi connectivity index (χ4v) is 3.71. The van der Waals surface area contributed by atoms with Crippen molar-refractivity contribution in [3.05, 3.63) is 53.6 Å². The minimum Gasteiger partial charge on any atom is -0.493 e. The molecule has 0 unspecified atom stereocenters. The normalized spacial score (nSPS) is 14.8. The van der Waals surface area contributed by atoms with E-state index in [-0.39, 0.29) is 11.4 Å². The summed E-state index contributed by atoms with van der Waals surface area (Å²) in [5.41, 5.74) is 1.90. The maximum absolute atomic E-state index is 12.7. The summed E-state index contributed by atoms with van der Waals surface area (Å²) in [7, 11) is 4.77. The van der Waals surface area contributed by atoms with E-state index >= 15 is 0 Å². The summed E-state index contributed by atoms with van der Waals surface area (Å²) in [6.45, 7) is 0. The van der Waals surface area contributed by atoms with E-state index in [0.717, 1.165) is 24.8 Å². The van der Waals surface area contributed by atoms with Crippen molar-refractivity contribution in [3.8, 4) is 17.2 Å². The van der Waals surface area contributed by atoms with Gasteiger partial charge in [0.15, 0.2) is 11.5 Å². The van der Waals surface area contributed by atoms with Crippen LogP contribution in [0.3, 0.4) is 0 Å². The van der Waals surface area contributed by atoms with Crippen LogP contribution < -0.4 is 19.5 Å². The summed E-state index contributed by atoms with van der Waals surface area (Å²) >= 11 is 0. The molecule has 0 atom stereocenters. The largest absolute Gasteiger partial charge is 0.493 e. The van der Waals surface area contributed by atoms with Crippen molar-refractivity contribution in [2.75, 3.05) is 21.3 Å². The number of hydrogen-bond acceptors (Lipinski definition) is 4. The molecular formula is C22H27NO4. The fourth-order valence-electron chi connectivity index (χ4n) is 3.71. The lowest BCUT2D eigenvalue weighted by molar-refractivity contribution is -0.124. The van der Waals surface area contributed by atoms with Crippen molar-refractivity contribution in [1.29, 1.82) is 0 Å². The van der Waals surface area contributed by atoms with Crippen LogP contribution in [0.2, 0.25) is 0 Å². The van der Waals surface area contributed by atoms with E-state index in [4.69, 9.17) is 14.2 Å². The van der Waals surface area contributed by atoms with Crippen LogP contribution in [0.25, 0.3) is 0 Å². The molecule has 0 bridgehead atoms. The van der Waals surface area contributed by atoms with E-state index in [1.807, 2.05) is 30.3 Å². The Morgan fingerprint density at radius 1 is 0.963 bits per heavy atom. The smallest absolute Gasteiger partial charge is 0.221 e. The highest BCUT2D eigenvalue weighted by Crippen LogP contribution is 2.42. The molecule has 1 aliphatic carbocycles. The quantitative estimate of drug-likeness (QED) is 0.768. The topological polar surface area (TPSA) is 56.8 Å². The van der Waals surface area contributed by atoms with Gasteiger partial charge in [-0.15, -0.1) is 0 Å². The number of benzene rings is 2. The van der Waals surface area contributed by atoms with Crippen LogP contribution in [0.15, 0.2) is 42.5 Å². The predicted molar refractivity (Wildman–Crippen MR) is 105 cm³/mol. The van der Waals surface area contributed by atoms with Crippen molar-refractivity contribution >= 4 is 5.91 Å². The zero-order valence-corrected chi connectivity index (χ0v) is 16.2. The fraction of sp³-hybridized carbons (Fsp3) is 0.409. The molecule has 27 heavy (non-hydrogen) atoms. The number of aryl methyl sites for hydroxylation is 1. The van der Waals surface area contributed by atoms with E-state index in [2.05, 4.69) is 17.4 Å². The maximum Gasteiger partial charge on any atom is 0.221 e. The molecule has 2 aromatic carbocycles. The molecule has 1 N–H and O–H groups in total. The van der Waals surface area contributed by atoms with Gasteiger partial charge in [0.25, 0.3) is 0 Å². The van der Waals surface area contributed by atoms with Gasteiger partial charge in [-0.2, -0.15) is 0 Å². The third-order valence-corrected chi connectivity index (χ3v) is 5.32. The number of carbonyl (C=O) groups excluding carboxylic acids is 1. The molecule has 1 saturated carbocycles. The van der Waals surface area contributed by atoms with Gasteiger partial charge in [-0.3, -0.25) is 4.79 Å². The van der Waals surface area contributed by atoms with Crippen LogP contribution in [0, 0.1) is 0 Å². The van der Waals surface area contributed by atoms with E-state index < -0.39 is 0 Å². The van der Waals surface area contributed by atoms with Gasteiger partial charge in [0, 0.05) is 6.42 Å². The number of rotatable bonds is 8. The van der Waals surface area contributed by atoms with Crippen molar-refractivity contribution in [2.24, 2.45) is 0 Å². The highest BCUT2D eigenvalue weighted by Gasteiger charge is 2.39. The van der Waals surface area contributed by atoms with Crippen LogP contribution in [-0.2, 0) is 16.8 Å². The number of ether oxygens (including phenoxy) is 3. The molecule has 1 aliphatic rings. The summed E-state index contributed by atoms with van der Waals surface area (Å²) < 4.78 is 16.2. The van der Waals surface area contributed by atoms with Crippen molar-refractivity contribution in [1.82, 2.24) is 5.32 Å². The predicted octanol–water partition coefficient (Wildman–Crippen LogP) is 3.84. The van der Waals surface area contributed by atoms with Gasteiger partial charge >= 0.3 is 0 Å². The molecule has 0 spiro atoms. The molecule has 3 rings (SSSR count). The van der Waals surface area contributed by atoms with Gasteiger partial charge < -0.3 is 19.5 Å². The molecule has 2 aromatic rings. The molecule has 5 nitrogen and oxygen atoms in total. The summed E-state index contributed by atoms with van der Waals surface area (Å²) in [6.07, 6.45) is 4.07. The molecule has 0 saturated heterocycles. The van der Waals surface area contributed by atoms with Crippen molar-refractivity contribution < 1.29 is 19.0 Å². The number of carbonyl (C=O) groups is 1. The van der Waals surface area contributed by atoms with Crippen LogP contribution >= 0.6 is 0 Å². The van der Waals surface area contributed by atoms with Gasteiger partial charge in [-0.05, 0) is 42.9 Å². The van der Waals surface area contributed by atoms with E-state index in [1.165, 1.54) is 5.56 Å². The van der Waals surface area contributed by atoms with E-state index in [9.17, 15) is 4.79 Å². The third-order valence-electron chi connectivity index (χ3n) is 5.32. The minimum absolute atomic E-state index is 0.0513. The van der Waals surface area contributed by atoms with Gasteiger partial charge in [0.05, 0.1) is 26.9 Å². The van der Waals surface area contributed by atoms with Crippen molar-refractivity contribution in [3.63, 3.8) is 0 Å². The zero-order valence-electron chi connectivity index (χ0n) is 16.2. The first kappa shape index (κ1) is 19.1. The Morgan fingerprint density at radius 2 is 1.67 bits per heavy atom. The third kappa shape index (κ3) is 3.87. The summed E-state index contributed by atoms with van der Waals surface area (Å²) in [4.78, 5) is 12.7. The second-order valence-corrected chi connectivity index (χ2v) is 6.84. The van der Waals surface area contributed by atoms with Crippen LogP contribution in [0.4, 0.5) is 0 Å². The highest BCUT2D eigenvalue weighted by atomic mass is 16.5. The lowest BCUT2D eigenvalue weighted by atomic mass is 9.71. The van der Waals surface area contributed by atoms with Crippen molar-refractivity contribution in [2.45, 2.75) is 37.6 Å². The van der Waals surface area contributed by atoms with E-state index in [1.54, 1.807) is 21.3 Å². The van der Waals surface area contributed by atoms with Crippen LogP contribution in [0.1, 0.15) is 36.8 Å². The zero-order chi connectivity index (χ0) is 19.3. The Morgan fingerprint density at radius 3 is 2.22 bits per heavy atom. The van der Waals surface area contributed by atoms with Gasteiger partial charge in [0.2, 0.25) is 11.7 Å². The first-order chi connectivity index (χ1) is 13.1. The molecule has 0 aliphatic heterocycles. The Bertz CT molecular complexity index is 784. The number of amides is 1. The molecule has 0 heterocycles. The summed E-state index contributed by atoms with van der Waals surface area (Å²) in [5.74, 6) is 1.83. The number of nitrogens with one attached hydrogen (secondary N) is 1. The lowest BCUT2D eigenvalue weighted by Gasteiger charge is -2.43. The molecular weight excluding hydrogens is 342 g/mol. The average molecular weight is 369 g/mol. The summed E-state index contributed by atoms with van der Waals surface area (Å²) in [6, 6.07) is 14.0. The minimum atomic E-state index is -0.208. The second-order valence-electron chi connectivity index (χ2n) is 6.84. The van der Waals surface area contributed by atoms with Crippen LogP contribution in [0.5, 0.6) is 17.2 Å². The van der Waals surface area contributed by atoms with E-state index in [0.29, 0.717) is 30.1 Å². The van der Waals surface area contributed by atoms with Gasteiger partial charge in [-0.25, -0.2) is 0 Å². The molecule has 0 radical (unpaired) electrons. The Hall–Kier alpha value is -2.69. The first-order valence-electron chi connectivity index (χ1n) is 9.28. The molecule has 1 fully saturated rings. The molecule has 0 aromatic heterocycles. The Balaban J connectivity index is 1.69. The highest BCUT2D eigenvalue weighted by molar-refractivity contribution is 5.77. The van der Waals surface area contributed by atoms with Crippen LogP contribution in [-0.4, -0.2) is 27.2 Å². The molecule has 144 valence electrons. The molecule has 5 heteroatoms. The standard InChI is InChI=1S/C22H27NO4/c1-25-18-12-10-16(20(26-2)21(18)27-3)11-13-19(24)23-22(14-7-15-22)17-8-5-4-6-9-17/h4-6,8-10,12H,7,11,13-15H2,1-3H3,(H,23,24). The Kier molecular flexibility index (Phi) is 5.89. The monoisotopic (exact) mass is 369 g/mol. The van der Waals surface area contributed by atoms with Gasteiger partial charge in [-0.1, -0.05) is 36.4 Å². The lowest BCUT2D eigenvalue weighted by Crippen LogP contribution is -2.50. The molecule has 1 amide bonds. The number of methoxy groups -OCH3 is 3. The second kappa shape index (κ2) is 8.33. The first-order valence-corrected chi connectivity index (χ1v) is 9.28. The van der Waals surface area contributed by atoms with Gasteiger partial charge in [0.1, 0.15) is 0 Å². The number of hydrogen-bond donors (Lipinski definition) is 1.